The number of hydrogen-bond acceptors (Lipinski definition) is 2. The molecule has 0 bridgehead atoms. The first-order valence-corrected chi connectivity index (χ1v) is 20.7. The van der Waals surface area contributed by atoms with E-state index in [0.29, 0.717) is 0 Å². The minimum Gasteiger partial charge on any atom is -0.355 e. The van der Waals surface area contributed by atoms with Gasteiger partial charge in [-0.3, -0.25) is 0 Å². The molecule has 0 saturated heterocycles. The van der Waals surface area contributed by atoms with Crippen molar-refractivity contribution in [2.75, 3.05) is 10.2 Å². The van der Waals surface area contributed by atoms with Gasteiger partial charge in [-0.2, -0.15) is 0 Å². The number of fused-ring (bicyclic) bond motifs is 3. The Kier molecular flexibility index (Phi) is 7.89. The van der Waals surface area contributed by atoms with Crippen molar-refractivity contribution >= 4 is 93.1 Å². The van der Waals surface area contributed by atoms with E-state index in [9.17, 15) is 0 Å². The molecule has 12 aromatic rings. The molecule has 12 rings (SSSR count). The maximum atomic E-state index is 3.77. The molecule has 0 spiro atoms. The highest BCUT2D eigenvalue weighted by molar-refractivity contribution is 6.28. The largest absolute Gasteiger partial charge is 0.355 e. The number of para-hydroxylation sites is 1. The van der Waals surface area contributed by atoms with Crippen LogP contribution >= 0.6 is 0 Å². The van der Waals surface area contributed by atoms with E-state index in [4.69, 9.17) is 0 Å². The monoisotopic (exact) mass is 762 g/mol. The van der Waals surface area contributed by atoms with E-state index in [1.54, 1.807) is 0 Å². The topological polar surface area (TPSA) is 15.3 Å². The Morgan fingerprint density at radius 3 is 1.62 bits per heavy atom. The van der Waals surface area contributed by atoms with E-state index < -0.39 is 0 Å². The van der Waals surface area contributed by atoms with Gasteiger partial charge in [0, 0.05) is 33.7 Å². The molecule has 0 atom stereocenters. The Morgan fingerprint density at radius 1 is 0.300 bits per heavy atom. The van der Waals surface area contributed by atoms with Crippen LogP contribution in [-0.4, -0.2) is 0 Å². The highest BCUT2D eigenvalue weighted by atomic mass is 15.1. The normalized spacial score (nSPS) is 11.7. The van der Waals surface area contributed by atoms with Gasteiger partial charge in [0.15, 0.2) is 0 Å². The molecule has 280 valence electrons. The van der Waals surface area contributed by atoms with E-state index in [-0.39, 0.29) is 0 Å². The van der Waals surface area contributed by atoms with Crippen molar-refractivity contribution in [3.8, 4) is 22.3 Å². The third-order valence-corrected chi connectivity index (χ3v) is 12.3. The van der Waals surface area contributed by atoms with Crippen LogP contribution in [0.3, 0.4) is 0 Å². The number of nitrogens with one attached hydrogen (secondary N) is 1. The fourth-order valence-electron chi connectivity index (χ4n) is 9.47. The summed E-state index contributed by atoms with van der Waals surface area (Å²) < 4.78 is 0. The van der Waals surface area contributed by atoms with Crippen molar-refractivity contribution in [3.63, 3.8) is 0 Å². The van der Waals surface area contributed by atoms with Crippen LogP contribution in [0.25, 0.3) is 86.9 Å². The molecule has 0 radical (unpaired) electrons. The van der Waals surface area contributed by atoms with Crippen LogP contribution in [0.4, 0.5) is 28.4 Å². The highest BCUT2D eigenvalue weighted by Gasteiger charge is 2.19. The first-order valence-electron chi connectivity index (χ1n) is 20.7. The molecule has 0 saturated carbocycles. The molecular formula is C58H38N2. The van der Waals surface area contributed by atoms with Crippen molar-refractivity contribution in [1.29, 1.82) is 0 Å². The van der Waals surface area contributed by atoms with E-state index >= 15 is 0 Å². The lowest BCUT2D eigenvalue weighted by Crippen LogP contribution is -2.10. The third kappa shape index (κ3) is 5.65. The second kappa shape index (κ2) is 13.9. The molecule has 2 heteroatoms. The molecule has 0 aliphatic carbocycles. The maximum absolute atomic E-state index is 3.77. The lowest BCUT2D eigenvalue weighted by atomic mass is 9.87. The molecule has 1 N–H and O–H groups in total. The smallest absolute Gasteiger partial charge is 0.0540 e. The molecule has 0 aromatic heterocycles. The number of hydrogen-bond donors (Lipinski definition) is 1. The summed E-state index contributed by atoms with van der Waals surface area (Å²) in [6.07, 6.45) is 0. The Bertz CT molecular complexity index is 3580. The Morgan fingerprint density at radius 2 is 0.850 bits per heavy atom. The average Bonchev–Trinajstić information content (AvgIpc) is 3.31. The summed E-state index contributed by atoms with van der Waals surface area (Å²) >= 11 is 0. The molecular weight excluding hydrogens is 725 g/mol. The molecule has 0 amide bonds. The van der Waals surface area contributed by atoms with Crippen LogP contribution in [0.5, 0.6) is 0 Å². The van der Waals surface area contributed by atoms with Gasteiger partial charge in [-0.05, 0) is 124 Å². The Balaban J connectivity index is 0.968. The predicted molar refractivity (Wildman–Crippen MR) is 258 cm³/mol. The van der Waals surface area contributed by atoms with Crippen molar-refractivity contribution in [3.05, 3.63) is 224 Å². The van der Waals surface area contributed by atoms with Crippen LogP contribution in [-0.2, 0) is 0 Å². The zero-order valence-electron chi connectivity index (χ0n) is 32.8. The fourth-order valence-corrected chi connectivity index (χ4v) is 9.47. The SMILES string of the molecule is c1ccc(-c2ccc3ccc4c(-c5ccc(N(c6ccc7ccccc7c6)c6cccc7ccccc67)cc5)ccc5ccc2c3c54)c(Nc2ccc3ccccc3c2)c1. The van der Waals surface area contributed by atoms with Crippen molar-refractivity contribution < 1.29 is 0 Å². The predicted octanol–water partition coefficient (Wildman–Crippen LogP) is 16.6. The molecule has 0 fully saturated rings. The van der Waals surface area contributed by atoms with Gasteiger partial charge in [-0.15, -0.1) is 0 Å². The summed E-state index contributed by atoms with van der Waals surface area (Å²) in [7, 11) is 0. The fraction of sp³-hybridized carbons (Fsp3) is 0. The Hall–Kier alpha value is -7.94. The quantitative estimate of drug-likeness (QED) is 0.163. The van der Waals surface area contributed by atoms with E-state index in [1.165, 1.54) is 86.9 Å². The van der Waals surface area contributed by atoms with Gasteiger partial charge in [0.05, 0.1) is 5.69 Å². The van der Waals surface area contributed by atoms with E-state index in [1.807, 2.05) is 0 Å². The van der Waals surface area contributed by atoms with Gasteiger partial charge in [0.25, 0.3) is 0 Å². The lowest BCUT2D eigenvalue weighted by Gasteiger charge is -2.27. The molecule has 0 aliphatic heterocycles. The van der Waals surface area contributed by atoms with Crippen molar-refractivity contribution in [2.45, 2.75) is 0 Å². The molecule has 12 aromatic carbocycles. The third-order valence-electron chi connectivity index (χ3n) is 12.3. The van der Waals surface area contributed by atoms with Gasteiger partial charge < -0.3 is 10.2 Å². The van der Waals surface area contributed by atoms with Gasteiger partial charge >= 0.3 is 0 Å². The van der Waals surface area contributed by atoms with Gasteiger partial charge in [-0.25, -0.2) is 0 Å². The summed E-state index contributed by atoms with van der Waals surface area (Å²) in [5.74, 6) is 0. The van der Waals surface area contributed by atoms with Gasteiger partial charge in [0.2, 0.25) is 0 Å². The highest BCUT2D eigenvalue weighted by Crippen LogP contribution is 2.45. The minimum atomic E-state index is 1.08. The van der Waals surface area contributed by atoms with Crippen molar-refractivity contribution in [2.24, 2.45) is 0 Å². The standard InChI is InChI=1S/C58H38N2/c1-3-13-44-36-46(28-20-38(44)10-1)59-55-18-8-7-17-52(55)51-33-25-43-26-34-53-49(32-24-42-27-35-54(51)58(43)57(42)53)41-22-29-47(30-23-41)60(48-31-21-39-11-2-4-14-45(39)37-48)56-19-9-15-40-12-5-6-16-50(40)56/h1-37,59H. The molecule has 2 nitrogen and oxygen atoms in total. The lowest BCUT2D eigenvalue weighted by molar-refractivity contribution is 1.30. The van der Waals surface area contributed by atoms with Gasteiger partial charge in [-0.1, -0.05) is 176 Å². The maximum Gasteiger partial charge on any atom is 0.0540 e. The van der Waals surface area contributed by atoms with Crippen LogP contribution in [0, 0.1) is 0 Å². The molecule has 0 heterocycles. The first kappa shape index (κ1) is 34.1. The summed E-state index contributed by atoms with van der Waals surface area (Å²) in [4.78, 5) is 2.40. The van der Waals surface area contributed by atoms with E-state index in [0.717, 1.165) is 28.4 Å². The Labute approximate surface area is 348 Å². The number of rotatable bonds is 7. The zero-order valence-corrected chi connectivity index (χ0v) is 32.8. The summed E-state index contributed by atoms with van der Waals surface area (Å²) in [6, 6.07) is 82.0. The van der Waals surface area contributed by atoms with Crippen LogP contribution in [0.2, 0.25) is 0 Å². The van der Waals surface area contributed by atoms with Crippen LogP contribution in [0.1, 0.15) is 0 Å². The summed E-state index contributed by atoms with van der Waals surface area (Å²) in [5.41, 5.74) is 10.4. The van der Waals surface area contributed by atoms with Gasteiger partial charge in [0.1, 0.15) is 0 Å². The van der Waals surface area contributed by atoms with Crippen molar-refractivity contribution in [1.82, 2.24) is 0 Å². The summed E-state index contributed by atoms with van der Waals surface area (Å²) in [5, 5.41) is 18.8. The van der Waals surface area contributed by atoms with E-state index in [2.05, 4.69) is 235 Å². The molecule has 0 unspecified atom stereocenters. The van der Waals surface area contributed by atoms with Crippen LogP contribution in [0.15, 0.2) is 224 Å². The van der Waals surface area contributed by atoms with Crippen LogP contribution < -0.4 is 10.2 Å². The summed E-state index contributed by atoms with van der Waals surface area (Å²) in [6.45, 7) is 0. The number of anilines is 5. The average molecular weight is 763 g/mol. The molecule has 60 heavy (non-hydrogen) atoms. The zero-order chi connectivity index (χ0) is 39.6. The first-order chi connectivity index (χ1) is 29.7. The number of nitrogens with zero attached hydrogens (tertiary/aromatic N) is 1. The number of benzene rings is 12. The second-order valence-corrected chi connectivity index (χ2v) is 15.8. The molecule has 0 aliphatic rings. The minimum absolute atomic E-state index is 1.08. The second-order valence-electron chi connectivity index (χ2n) is 15.8.